The number of benzene rings is 1. The summed E-state index contributed by atoms with van der Waals surface area (Å²) in [6.45, 7) is 6.27. The molecule has 1 aromatic carbocycles. The summed E-state index contributed by atoms with van der Waals surface area (Å²) in [5, 5.41) is 3.28. The number of hydrogen-bond donors (Lipinski definition) is 1. The lowest BCUT2D eigenvalue weighted by Crippen LogP contribution is -2.21. The van der Waals surface area contributed by atoms with Gasteiger partial charge in [0.2, 0.25) is 0 Å². The first-order valence-corrected chi connectivity index (χ1v) is 6.70. The van der Waals surface area contributed by atoms with Crippen molar-refractivity contribution in [3.05, 3.63) is 34.1 Å². The summed E-state index contributed by atoms with van der Waals surface area (Å²) in [6.07, 6.45) is 0.941. The molecule has 1 atom stereocenters. The van der Waals surface area contributed by atoms with Gasteiger partial charge in [-0.2, -0.15) is 0 Å². The van der Waals surface area contributed by atoms with Crippen molar-refractivity contribution in [3.63, 3.8) is 0 Å². The summed E-state index contributed by atoms with van der Waals surface area (Å²) in [5.41, 5.74) is 0.699. The van der Waals surface area contributed by atoms with Gasteiger partial charge in [0, 0.05) is 29.3 Å². The zero-order valence-corrected chi connectivity index (χ0v) is 11.9. The first-order chi connectivity index (χ1) is 8.15. The fourth-order valence-electron chi connectivity index (χ4n) is 1.60. The molecule has 1 unspecified atom stereocenters. The Labute approximate surface area is 111 Å². The maximum Gasteiger partial charge on any atom is 0.129 e. The largest absolute Gasteiger partial charge is 0.382 e. The van der Waals surface area contributed by atoms with Crippen molar-refractivity contribution in [2.45, 2.75) is 26.3 Å². The Morgan fingerprint density at radius 1 is 1.47 bits per heavy atom. The molecule has 2 nitrogen and oxygen atoms in total. The average Bonchev–Trinajstić information content (AvgIpc) is 2.28. The molecule has 0 amide bonds. The van der Waals surface area contributed by atoms with E-state index in [1.807, 2.05) is 19.9 Å². The van der Waals surface area contributed by atoms with Crippen LogP contribution >= 0.6 is 15.9 Å². The van der Waals surface area contributed by atoms with Crippen LogP contribution in [0.4, 0.5) is 4.39 Å². The zero-order valence-electron chi connectivity index (χ0n) is 10.3. The molecule has 0 aliphatic rings. The van der Waals surface area contributed by atoms with Crippen molar-refractivity contribution in [1.29, 1.82) is 0 Å². The molecular weight excluding hydrogens is 285 g/mol. The maximum atomic E-state index is 13.6. The third-order valence-corrected chi connectivity index (χ3v) is 3.04. The van der Waals surface area contributed by atoms with Crippen LogP contribution in [-0.2, 0) is 4.74 Å². The van der Waals surface area contributed by atoms with Gasteiger partial charge in [0.25, 0.3) is 0 Å². The van der Waals surface area contributed by atoms with Crippen LogP contribution < -0.4 is 5.32 Å². The molecule has 0 saturated carbocycles. The summed E-state index contributed by atoms with van der Waals surface area (Å²) in [5.74, 6) is -0.177. The highest BCUT2D eigenvalue weighted by Gasteiger charge is 2.10. The van der Waals surface area contributed by atoms with E-state index in [4.69, 9.17) is 4.74 Å². The van der Waals surface area contributed by atoms with Gasteiger partial charge in [0.05, 0.1) is 0 Å². The van der Waals surface area contributed by atoms with E-state index in [1.165, 1.54) is 6.07 Å². The second kappa shape index (κ2) is 7.80. The number of halogens is 2. The molecular formula is C13H19BrFNO. The van der Waals surface area contributed by atoms with Gasteiger partial charge >= 0.3 is 0 Å². The summed E-state index contributed by atoms with van der Waals surface area (Å²) in [4.78, 5) is 0. The molecule has 0 aliphatic carbocycles. The lowest BCUT2D eigenvalue weighted by Gasteiger charge is -2.15. The molecule has 96 valence electrons. The highest BCUT2D eigenvalue weighted by Crippen LogP contribution is 2.20. The molecule has 4 heteroatoms. The summed E-state index contributed by atoms with van der Waals surface area (Å²) in [7, 11) is 0. The topological polar surface area (TPSA) is 21.3 Å². The van der Waals surface area contributed by atoms with Crippen LogP contribution in [0.15, 0.2) is 22.7 Å². The molecule has 0 saturated heterocycles. The molecule has 0 aliphatic heterocycles. The van der Waals surface area contributed by atoms with Crippen LogP contribution in [0.2, 0.25) is 0 Å². The summed E-state index contributed by atoms with van der Waals surface area (Å²) < 4.78 is 19.6. The monoisotopic (exact) mass is 303 g/mol. The van der Waals surface area contributed by atoms with Gasteiger partial charge in [-0.1, -0.05) is 22.0 Å². The minimum Gasteiger partial charge on any atom is -0.382 e. The minimum absolute atomic E-state index is 0.0183. The average molecular weight is 304 g/mol. The van der Waals surface area contributed by atoms with Gasteiger partial charge in [-0.15, -0.1) is 0 Å². The summed E-state index contributed by atoms with van der Waals surface area (Å²) >= 11 is 3.25. The Bertz CT molecular complexity index is 346. The highest BCUT2D eigenvalue weighted by molar-refractivity contribution is 9.10. The predicted molar refractivity (Wildman–Crippen MR) is 71.6 cm³/mol. The third-order valence-electron chi connectivity index (χ3n) is 2.55. The Kier molecular flexibility index (Phi) is 6.70. The second-order valence-corrected chi connectivity index (χ2v) is 4.81. The van der Waals surface area contributed by atoms with Crippen molar-refractivity contribution in [1.82, 2.24) is 5.32 Å². The van der Waals surface area contributed by atoms with Crippen molar-refractivity contribution >= 4 is 15.9 Å². The van der Waals surface area contributed by atoms with Crippen LogP contribution in [0.1, 0.15) is 31.9 Å². The molecule has 1 aromatic rings. The molecule has 17 heavy (non-hydrogen) atoms. The van der Waals surface area contributed by atoms with E-state index in [0.717, 1.165) is 30.7 Å². The number of hydrogen-bond acceptors (Lipinski definition) is 2. The van der Waals surface area contributed by atoms with E-state index in [9.17, 15) is 4.39 Å². The molecule has 0 fully saturated rings. The molecule has 0 heterocycles. The van der Waals surface area contributed by atoms with E-state index in [1.54, 1.807) is 6.07 Å². The predicted octanol–water partition coefficient (Wildman–Crippen LogP) is 3.67. The SMILES string of the molecule is CCOCCCNC(C)c1ccc(Br)cc1F. The molecule has 0 aromatic heterocycles. The minimum atomic E-state index is -0.177. The van der Waals surface area contributed by atoms with Crippen LogP contribution in [0.3, 0.4) is 0 Å². The van der Waals surface area contributed by atoms with Gasteiger partial charge in [-0.25, -0.2) is 4.39 Å². The fourth-order valence-corrected chi connectivity index (χ4v) is 1.93. The van der Waals surface area contributed by atoms with E-state index >= 15 is 0 Å². The normalized spacial score (nSPS) is 12.7. The Balaban J connectivity index is 2.38. The standard InChI is InChI=1S/C13H19BrFNO/c1-3-17-8-4-7-16-10(2)12-6-5-11(14)9-13(12)15/h5-6,9-10,16H,3-4,7-8H2,1-2H3. The lowest BCUT2D eigenvalue weighted by molar-refractivity contribution is 0.144. The van der Waals surface area contributed by atoms with Gasteiger partial charge in [-0.05, 0) is 38.9 Å². The van der Waals surface area contributed by atoms with Crippen LogP contribution in [0, 0.1) is 5.82 Å². The number of ether oxygens (including phenoxy) is 1. The maximum absolute atomic E-state index is 13.6. The van der Waals surface area contributed by atoms with Crippen molar-refractivity contribution in [3.8, 4) is 0 Å². The third kappa shape index (κ3) is 5.15. The van der Waals surface area contributed by atoms with E-state index in [0.29, 0.717) is 5.56 Å². The molecule has 0 bridgehead atoms. The van der Waals surface area contributed by atoms with Gasteiger partial charge in [-0.3, -0.25) is 0 Å². The first-order valence-electron chi connectivity index (χ1n) is 5.91. The highest BCUT2D eigenvalue weighted by atomic mass is 79.9. The van der Waals surface area contributed by atoms with Crippen LogP contribution in [0.5, 0.6) is 0 Å². The van der Waals surface area contributed by atoms with Gasteiger partial charge < -0.3 is 10.1 Å². The Morgan fingerprint density at radius 2 is 2.24 bits per heavy atom. The van der Waals surface area contributed by atoms with Gasteiger partial charge in [0.15, 0.2) is 0 Å². The fraction of sp³-hybridized carbons (Fsp3) is 0.538. The van der Waals surface area contributed by atoms with Crippen LogP contribution in [0.25, 0.3) is 0 Å². The van der Waals surface area contributed by atoms with Crippen LogP contribution in [-0.4, -0.2) is 19.8 Å². The number of nitrogens with one attached hydrogen (secondary N) is 1. The van der Waals surface area contributed by atoms with Gasteiger partial charge in [0.1, 0.15) is 5.82 Å². The van der Waals surface area contributed by atoms with E-state index in [2.05, 4.69) is 21.2 Å². The zero-order chi connectivity index (χ0) is 12.7. The van der Waals surface area contributed by atoms with Crippen molar-refractivity contribution in [2.24, 2.45) is 0 Å². The first kappa shape index (κ1) is 14.6. The summed E-state index contributed by atoms with van der Waals surface area (Å²) in [6, 6.07) is 5.18. The van der Waals surface area contributed by atoms with Crippen molar-refractivity contribution in [2.75, 3.05) is 19.8 Å². The Hall–Kier alpha value is -0.450. The molecule has 1 N–H and O–H groups in total. The molecule has 0 radical (unpaired) electrons. The quantitative estimate of drug-likeness (QED) is 0.776. The second-order valence-electron chi connectivity index (χ2n) is 3.89. The smallest absolute Gasteiger partial charge is 0.129 e. The van der Waals surface area contributed by atoms with E-state index < -0.39 is 0 Å². The lowest BCUT2D eigenvalue weighted by atomic mass is 10.1. The van der Waals surface area contributed by atoms with Crippen molar-refractivity contribution < 1.29 is 9.13 Å². The molecule has 1 rings (SSSR count). The molecule has 0 spiro atoms. The van der Waals surface area contributed by atoms with E-state index in [-0.39, 0.29) is 11.9 Å². The number of rotatable bonds is 7. The Morgan fingerprint density at radius 3 is 2.88 bits per heavy atom.